The molecule has 0 aliphatic carbocycles. The van der Waals surface area contributed by atoms with Crippen molar-refractivity contribution in [3.05, 3.63) is 35.9 Å². The molecular formula is C14H19N5O. The summed E-state index contributed by atoms with van der Waals surface area (Å²) in [4.78, 5) is 14.1. The maximum atomic E-state index is 12.5. The lowest BCUT2D eigenvalue weighted by molar-refractivity contribution is 0.0992. The molecule has 6 heteroatoms. The number of carbonyl (C=O) groups excluding carboxylic acids is 1. The number of carbonyl (C=O) groups is 1. The third-order valence-corrected chi connectivity index (χ3v) is 3.14. The predicted octanol–water partition coefficient (Wildman–Crippen LogP) is 2.01. The maximum Gasteiger partial charge on any atom is 0.261 e. The molecule has 0 fully saturated rings. The fraction of sp³-hybridized carbons (Fsp3) is 0.429. The monoisotopic (exact) mass is 273 g/mol. The summed E-state index contributed by atoms with van der Waals surface area (Å²) in [6.45, 7) is 8.07. The highest BCUT2D eigenvalue weighted by Gasteiger charge is 2.23. The number of hydrogen-bond acceptors (Lipinski definition) is 4. The molecule has 0 radical (unpaired) electrons. The van der Waals surface area contributed by atoms with Crippen molar-refractivity contribution in [2.45, 2.75) is 33.2 Å². The third-order valence-electron chi connectivity index (χ3n) is 3.14. The Morgan fingerprint density at radius 3 is 2.45 bits per heavy atom. The average Bonchev–Trinajstić information content (AvgIpc) is 2.80. The molecule has 0 unspecified atom stereocenters. The Bertz CT molecular complexity index is 612. The molecule has 6 nitrogen and oxygen atoms in total. The van der Waals surface area contributed by atoms with Gasteiger partial charge in [-0.25, -0.2) is 0 Å². The summed E-state index contributed by atoms with van der Waals surface area (Å²) in [7, 11) is 1.72. The minimum absolute atomic E-state index is 0.106. The molecule has 0 bridgehead atoms. The first-order chi connectivity index (χ1) is 9.32. The summed E-state index contributed by atoms with van der Waals surface area (Å²) in [5, 5.41) is 11.8. The lowest BCUT2D eigenvalue weighted by Gasteiger charge is -2.22. The smallest absolute Gasteiger partial charge is 0.261 e. The molecule has 20 heavy (non-hydrogen) atoms. The lowest BCUT2D eigenvalue weighted by Crippen LogP contribution is -2.28. The van der Waals surface area contributed by atoms with Crippen molar-refractivity contribution in [3.63, 3.8) is 0 Å². The van der Waals surface area contributed by atoms with Gasteiger partial charge < -0.3 is 4.90 Å². The second-order valence-corrected chi connectivity index (χ2v) is 5.69. The molecule has 0 aromatic carbocycles. The zero-order valence-electron chi connectivity index (χ0n) is 12.5. The van der Waals surface area contributed by atoms with Crippen LogP contribution >= 0.6 is 0 Å². The number of anilines is 1. The summed E-state index contributed by atoms with van der Waals surface area (Å²) in [5.41, 5.74) is 2.00. The highest BCUT2D eigenvalue weighted by Crippen LogP contribution is 2.20. The number of aromatic nitrogens is 4. The van der Waals surface area contributed by atoms with E-state index in [9.17, 15) is 4.79 Å². The van der Waals surface area contributed by atoms with Gasteiger partial charge in [0.05, 0.1) is 35.4 Å². The minimum atomic E-state index is -0.153. The van der Waals surface area contributed by atoms with Gasteiger partial charge in [-0.05, 0) is 33.8 Å². The van der Waals surface area contributed by atoms with E-state index < -0.39 is 0 Å². The Hall–Kier alpha value is -2.24. The van der Waals surface area contributed by atoms with Crippen LogP contribution in [-0.2, 0) is 5.54 Å². The van der Waals surface area contributed by atoms with Crippen molar-refractivity contribution in [1.29, 1.82) is 0 Å². The van der Waals surface area contributed by atoms with E-state index >= 15 is 0 Å². The lowest BCUT2D eigenvalue weighted by atomic mass is 10.1. The number of amides is 1. The van der Waals surface area contributed by atoms with Gasteiger partial charge in [0.15, 0.2) is 0 Å². The Morgan fingerprint density at radius 2 is 1.95 bits per heavy atom. The van der Waals surface area contributed by atoms with E-state index in [1.165, 1.54) is 0 Å². The van der Waals surface area contributed by atoms with Crippen LogP contribution in [0.5, 0.6) is 0 Å². The summed E-state index contributed by atoms with van der Waals surface area (Å²) in [6.07, 6.45) is 4.74. The fourth-order valence-corrected chi connectivity index (χ4v) is 2.08. The van der Waals surface area contributed by atoms with Gasteiger partial charge in [0.25, 0.3) is 5.91 Å². The van der Waals surface area contributed by atoms with Crippen molar-refractivity contribution in [1.82, 2.24) is 20.0 Å². The van der Waals surface area contributed by atoms with E-state index in [1.807, 2.05) is 11.6 Å². The molecule has 0 N–H and O–H groups in total. The van der Waals surface area contributed by atoms with Crippen LogP contribution in [0.2, 0.25) is 0 Å². The molecule has 0 atom stereocenters. The molecule has 0 spiro atoms. The van der Waals surface area contributed by atoms with Gasteiger partial charge in [-0.1, -0.05) is 0 Å². The van der Waals surface area contributed by atoms with Crippen LogP contribution in [0.15, 0.2) is 24.7 Å². The van der Waals surface area contributed by atoms with Crippen LogP contribution < -0.4 is 4.90 Å². The highest BCUT2D eigenvalue weighted by atomic mass is 16.2. The van der Waals surface area contributed by atoms with Gasteiger partial charge in [0.2, 0.25) is 0 Å². The summed E-state index contributed by atoms with van der Waals surface area (Å²) in [6, 6.07) is 1.74. The maximum absolute atomic E-state index is 12.5. The van der Waals surface area contributed by atoms with Gasteiger partial charge in [-0.2, -0.15) is 15.3 Å². The first-order valence-electron chi connectivity index (χ1n) is 6.42. The molecule has 0 aliphatic heterocycles. The highest BCUT2D eigenvalue weighted by molar-refractivity contribution is 6.06. The Morgan fingerprint density at radius 1 is 1.25 bits per heavy atom. The molecule has 2 aromatic heterocycles. The molecule has 106 valence electrons. The molecule has 0 saturated carbocycles. The summed E-state index contributed by atoms with van der Waals surface area (Å²) >= 11 is 0. The van der Waals surface area contributed by atoms with Crippen LogP contribution in [0.4, 0.5) is 5.69 Å². The van der Waals surface area contributed by atoms with Crippen LogP contribution in [0.25, 0.3) is 0 Å². The zero-order valence-corrected chi connectivity index (χ0v) is 12.5. The molecule has 0 saturated heterocycles. The van der Waals surface area contributed by atoms with E-state index in [0.717, 1.165) is 5.69 Å². The number of nitrogens with zero attached hydrogens (tertiary/aromatic N) is 5. The van der Waals surface area contributed by atoms with Gasteiger partial charge in [0, 0.05) is 12.7 Å². The number of rotatable bonds is 2. The second kappa shape index (κ2) is 5.03. The van der Waals surface area contributed by atoms with E-state index in [-0.39, 0.29) is 11.4 Å². The zero-order chi connectivity index (χ0) is 14.9. The molecular weight excluding hydrogens is 254 g/mol. The fourth-order valence-electron chi connectivity index (χ4n) is 2.08. The van der Waals surface area contributed by atoms with E-state index in [4.69, 9.17) is 0 Å². The van der Waals surface area contributed by atoms with Gasteiger partial charge in [0.1, 0.15) is 0 Å². The Kier molecular flexibility index (Phi) is 3.57. The molecule has 2 rings (SSSR count). The van der Waals surface area contributed by atoms with Gasteiger partial charge in [-0.3, -0.25) is 9.48 Å². The van der Waals surface area contributed by atoms with Crippen molar-refractivity contribution in [2.24, 2.45) is 0 Å². The minimum Gasteiger partial charge on any atom is -0.310 e. The van der Waals surface area contributed by atoms with Crippen molar-refractivity contribution >= 4 is 11.6 Å². The average molecular weight is 273 g/mol. The number of hydrogen-bond donors (Lipinski definition) is 0. The predicted molar refractivity (Wildman–Crippen MR) is 76.7 cm³/mol. The van der Waals surface area contributed by atoms with Crippen LogP contribution in [0, 0.1) is 6.92 Å². The largest absolute Gasteiger partial charge is 0.310 e. The van der Waals surface area contributed by atoms with E-state index in [2.05, 4.69) is 36.1 Å². The third kappa shape index (κ3) is 2.54. The van der Waals surface area contributed by atoms with Gasteiger partial charge >= 0.3 is 0 Å². The van der Waals surface area contributed by atoms with Crippen molar-refractivity contribution < 1.29 is 4.79 Å². The molecule has 0 aliphatic rings. The first-order valence-corrected chi connectivity index (χ1v) is 6.42. The quantitative estimate of drug-likeness (QED) is 0.839. The normalized spacial score (nSPS) is 11.4. The Balaban J connectivity index is 2.33. The van der Waals surface area contributed by atoms with Crippen molar-refractivity contribution in [2.75, 3.05) is 11.9 Å². The standard InChI is InChI=1S/C14H19N5O/c1-10-12(9-17-19(10)14(2,3)4)13(20)18(5)11-6-7-15-16-8-11/h6-9H,1-5H3. The molecule has 1 amide bonds. The van der Waals surface area contributed by atoms with Crippen molar-refractivity contribution in [3.8, 4) is 0 Å². The second-order valence-electron chi connectivity index (χ2n) is 5.69. The summed E-state index contributed by atoms with van der Waals surface area (Å²) in [5.74, 6) is -0.106. The topological polar surface area (TPSA) is 63.9 Å². The molecule has 2 heterocycles. The SMILES string of the molecule is Cc1c(C(=O)N(C)c2ccnnc2)cnn1C(C)(C)C. The summed E-state index contributed by atoms with van der Waals surface area (Å²) < 4.78 is 1.86. The van der Waals surface area contributed by atoms with E-state index in [1.54, 1.807) is 36.6 Å². The van der Waals surface area contributed by atoms with Crippen LogP contribution in [-0.4, -0.2) is 32.9 Å². The van der Waals surface area contributed by atoms with E-state index in [0.29, 0.717) is 11.3 Å². The Labute approximate surface area is 118 Å². The first kappa shape index (κ1) is 14.2. The van der Waals surface area contributed by atoms with Crippen LogP contribution in [0.3, 0.4) is 0 Å². The van der Waals surface area contributed by atoms with Crippen LogP contribution in [0.1, 0.15) is 36.8 Å². The molecule has 2 aromatic rings. The van der Waals surface area contributed by atoms with Gasteiger partial charge in [-0.15, -0.1) is 0 Å².